The monoisotopic (exact) mass is 270 g/mol. The first-order valence-corrected chi connectivity index (χ1v) is 7.60. The zero-order chi connectivity index (χ0) is 14.5. The zero-order valence-corrected chi connectivity index (χ0v) is 13.2. The van der Waals surface area contributed by atoms with E-state index in [-0.39, 0.29) is 6.09 Å². The van der Waals surface area contributed by atoms with Crippen molar-refractivity contribution in [3.8, 4) is 0 Å². The number of amides is 1. The standard InChI is InChI=1S/C15H30N2O2/c1-6-12(7-2)16-10-11-17(13-8-9-13)14(18)19-15(3,4)5/h12-13,16H,6-11H2,1-5H3. The van der Waals surface area contributed by atoms with Gasteiger partial charge in [-0.2, -0.15) is 0 Å². The van der Waals surface area contributed by atoms with Gasteiger partial charge in [-0.25, -0.2) is 4.79 Å². The Balaban J connectivity index is 2.39. The number of hydrogen-bond donors (Lipinski definition) is 1. The van der Waals surface area contributed by atoms with Gasteiger partial charge >= 0.3 is 6.09 Å². The fourth-order valence-corrected chi connectivity index (χ4v) is 2.10. The molecule has 0 spiro atoms. The Bertz CT molecular complexity index is 278. The molecule has 0 saturated heterocycles. The molecule has 4 heteroatoms. The minimum absolute atomic E-state index is 0.165. The lowest BCUT2D eigenvalue weighted by Gasteiger charge is -2.28. The number of nitrogens with one attached hydrogen (secondary N) is 1. The van der Waals surface area contributed by atoms with Crippen molar-refractivity contribution in [2.45, 2.75) is 78.0 Å². The lowest BCUT2D eigenvalue weighted by atomic mass is 10.2. The van der Waals surface area contributed by atoms with Gasteiger partial charge in [0, 0.05) is 25.2 Å². The summed E-state index contributed by atoms with van der Waals surface area (Å²) in [4.78, 5) is 14.0. The summed E-state index contributed by atoms with van der Waals surface area (Å²) in [5.41, 5.74) is -0.410. The molecular weight excluding hydrogens is 240 g/mol. The maximum Gasteiger partial charge on any atom is 0.410 e. The van der Waals surface area contributed by atoms with E-state index in [4.69, 9.17) is 4.74 Å². The third kappa shape index (κ3) is 6.28. The minimum Gasteiger partial charge on any atom is -0.444 e. The molecule has 1 saturated carbocycles. The van der Waals surface area contributed by atoms with E-state index in [1.165, 1.54) is 0 Å². The van der Waals surface area contributed by atoms with Gasteiger partial charge in [-0.1, -0.05) is 13.8 Å². The van der Waals surface area contributed by atoms with Crippen LogP contribution in [0.1, 0.15) is 60.3 Å². The number of carbonyl (C=O) groups excluding carboxylic acids is 1. The molecule has 0 unspecified atom stereocenters. The van der Waals surface area contributed by atoms with Gasteiger partial charge in [-0.05, 0) is 46.5 Å². The number of nitrogens with zero attached hydrogens (tertiary/aromatic N) is 1. The van der Waals surface area contributed by atoms with Crippen LogP contribution in [0.4, 0.5) is 4.79 Å². The van der Waals surface area contributed by atoms with Gasteiger partial charge in [0.2, 0.25) is 0 Å². The van der Waals surface area contributed by atoms with E-state index in [0.717, 1.165) is 38.8 Å². The SMILES string of the molecule is CCC(CC)NCCN(C(=O)OC(C)(C)C)C1CC1. The van der Waals surface area contributed by atoms with Gasteiger partial charge in [-0.15, -0.1) is 0 Å². The van der Waals surface area contributed by atoms with Gasteiger partial charge < -0.3 is 15.0 Å². The number of hydrogen-bond acceptors (Lipinski definition) is 3. The molecule has 112 valence electrons. The molecule has 19 heavy (non-hydrogen) atoms. The Kier molecular flexibility index (Phi) is 6.11. The predicted molar refractivity (Wildman–Crippen MR) is 78.3 cm³/mol. The van der Waals surface area contributed by atoms with Crippen LogP contribution in [0.2, 0.25) is 0 Å². The Morgan fingerprint density at radius 1 is 1.32 bits per heavy atom. The Morgan fingerprint density at radius 3 is 2.32 bits per heavy atom. The fraction of sp³-hybridized carbons (Fsp3) is 0.933. The van der Waals surface area contributed by atoms with E-state index in [2.05, 4.69) is 19.2 Å². The third-order valence-corrected chi connectivity index (χ3v) is 3.39. The molecule has 0 aliphatic heterocycles. The summed E-state index contributed by atoms with van der Waals surface area (Å²) in [6, 6.07) is 0.957. The van der Waals surface area contributed by atoms with E-state index in [0.29, 0.717) is 12.1 Å². The van der Waals surface area contributed by atoms with Crippen molar-refractivity contribution in [1.29, 1.82) is 0 Å². The molecule has 0 aromatic heterocycles. The van der Waals surface area contributed by atoms with Crippen molar-refractivity contribution in [3.63, 3.8) is 0 Å². The summed E-state index contributed by atoms with van der Waals surface area (Å²) in [5, 5.41) is 3.50. The molecule has 1 aliphatic carbocycles. The smallest absolute Gasteiger partial charge is 0.410 e. The maximum atomic E-state index is 12.1. The number of rotatable bonds is 7. The molecule has 1 amide bonds. The van der Waals surface area contributed by atoms with Crippen LogP contribution in [0, 0.1) is 0 Å². The van der Waals surface area contributed by atoms with Gasteiger partial charge in [0.1, 0.15) is 5.60 Å². The van der Waals surface area contributed by atoms with Crippen LogP contribution in [0.3, 0.4) is 0 Å². The average Bonchev–Trinajstić information content (AvgIpc) is 3.11. The van der Waals surface area contributed by atoms with Gasteiger partial charge in [0.05, 0.1) is 0 Å². The summed E-state index contributed by atoms with van der Waals surface area (Å²) in [6.45, 7) is 11.7. The second-order valence-electron chi connectivity index (χ2n) is 6.37. The normalized spacial score (nSPS) is 15.7. The fourth-order valence-electron chi connectivity index (χ4n) is 2.10. The largest absolute Gasteiger partial charge is 0.444 e. The first-order valence-electron chi connectivity index (χ1n) is 7.60. The topological polar surface area (TPSA) is 41.6 Å². The molecule has 0 aromatic rings. The third-order valence-electron chi connectivity index (χ3n) is 3.39. The number of ether oxygens (including phenoxy) is 1. The van der Waals surface area contributed by atoms with E-state index in [1.807, 2.05) is 25.7 Å². The maximum absolute atomic E-state index is 12.1. The van der Waals surface area contributed by atoms with Crippen LogP contribution >= 0.6 is 0 Å². The quantitative estimate of drug-likeness (QED) is 0.772. The summed E-state index contributed by atoms with van der Waals surface area (Å²) in [7, 11) is 0. The van der Waals surface area contributed by atoms with Crippen molar-refractivity contribution in [2.75, 3.05) is 13.1 Å². The molecular formula is C15H30N2O2. The molecule has 4 nitrogen and oxygen atoms in total. The number of carbonyl (C=O) groups is 1. The Labute approximate surface area is 117 Å². The Hall–Kier alpha value is -0.770. The van der Waals surface area contributed by atoms with E-state index < -0.39 is 5.60 Å². The Morgan fingerprint density at radius 2 is 1.89 bits per heavy atom. The molecule has 1 aliphatic rings. The lowest BCUT2D eigenvalue weighted by molar-refractivity contribution is 0.0234. The van der Waals surface area contributed by atoms with Crippen LogP contribution in [0.15, 0.2) is 0 Å². The second-order valence-corrected chi connectivity index (χ2v) is 6.37. The average molecular weight is 270 g/mol. The molecule has 1 fully saturated rings. The second kappa shape index (κ2) is 7.13. The highest BCUT2D eigenvalue weighted by Gasteiger charge is 2.34. The van der Waals surface area contributed by atoms with Crippen molar-refractivity contribution in [2.24, 2.45) is 0 Å². The van der Waals surface area contributed by atoms with Crippen LogP contribution in [-0.2, 0) is 4.74 Å². The molecule has 0 atom stereocenters. The first kappa shape index (κ1) is 16.3. The zero-order valence-electron chi connectivity index (χ0n) is 13.2. The summed E-state index contributed by atoms with van der Waals surface area (Å²) < 4.78 is 5.47. The summed E-state index contributed by atoms with van der Waals surface area (Å²) >= 11 is 0. The lowest BCUT2D eigenvalue weighted by Crippen LogP contribution is -2.43. The first-order chi connectivity index (χ1) is 8.87. The molecule has 1 rings (SSSR count). The van der Waals surface area contributed by atoms with E-state index in [1.54, 1.807) is 0 Å². The molecule has 0 radical (unpaired) electrons. The summed E-state index contributed by atoms with van der Waals surface area (Å²) in [5.74, 6) is 0. The van der Waals surface area contributed by atoms with E-state index in [9.17, 15) is 4.79 Å². The highest BCUT2D eigenvalue weighted by molar-refractivity contribution is 5.69. The van der Waals surface area contributed by atoms with Crippen LogP contribution < -0.4 is 5.32 Å². The minimum atomic E-state index is -0.410. The van der Waals surface area contributed by atoms with Crippen LogP contribution in [0.25, 0.3) is 0 Å². The van der Waals surface area contributed by atoms with Crippen molar-refractivity contribution in [3.05, 3.63) is 0 Å². The molecule has 1 N–H and O–H groups in total. The van der Waals surface area contributed by atoms with Gasteiger partial charge in [0.25, 0.3) is 0 Å². The van der Waals surface area contributed by atoms with Gasteiger partial charge in [-0.3, -0.25) is 0 Å². The van der Waals surface area contributed by atoms with Crippen molar-refractivity contribution in [1.82, 2.24) is 10.2 Å². The molecule has 0 aromatic carbocycles. The van der Waals surface area contributed by atoms with Crippen molar-refractivity contribution >= 4 is 6.09 Å². The highest BCUT2D eigenvalue weighted by Crippen LogP contribution is 2.28. The molecule has 0 heterocycles. The van der Waals surface area contributed by atoms with E-state index >= 15 is 0 Å². The van der Waals surface area contributed by atoms with Crippen molar-refractivity contribution < 1.29 is 9.53 Å². The predicted octanol–water partition coefficient (Wildman–Crippen LogP) is 3.16. The summed E-state index contributed by atoms with van der Waals surface area (Å²) in [6.07, 6.45) is 4.33. The van der Waals surface area contributed by atoms with Gasteiger partial charge in [0.15, 0.2) is 0 Å². The highest BCUT2D eigenvalue weighted by atomic mass is 16.6. The molecule has 0 bridgehead atoms. The van der Waals surface area contributed by atoms with Crippen LogP contribution in [-0.4, -0.2) is 41.8 Å². The van der Waals surface area contributed by atoms with Crippen LogP contribution in [0.5, 0.6) is 0 Å².